The van der Waals surface area contributed by atoms with Gasteiger partial charge >= 0.3 is 5.97 Å². The molecule has 8 rings (SSSR count). The minimum Gasteiger partial charge on any atom is -0.504 e. The number of carbonyl (C=O) groups excluding carboxylic acids is 2. The van der Waals surface area contributed by atoms with Crippen LogP contribution >= 0.6 is 0 Å². The second-order valence-electron chi connectivity index (χ2n) is 13.0. The molecule has 0 aliphatic heterocycles. The van der Waals surface area contributed by atoms with Crippen LogP contribution in [0.1, 0.15) is 65.2 Å². The van der Waals surface area contributed by atoms with E-state index < -0.39 is 0 Å². The monoisotopic (exact) mass is 456 g/mol. The quantitative estimate of drug-likeness (QED) is 0.407. The van der Waals surface area contributed by atoms with Crippen molar-refractivity contribution in [3.8, 4) is 0 Å². The summed E-state index contributed by atoms with van der Waals surface area (Å²) in [4.78, 5) is 26.4. The Morgan fingerprint density at radius 2 is 1.88 bits per heavy atom. The smallest absolute Gasteiger partial charge is 0.312 e. The Bertz CT molecular complexity index is 1320. The number of ketones is 1. The number of rotatable bonds is 1. The third kappa shape index (κ3) is 1.62. The van der Waals surface area contributed by atoms with Crippen molar-refractivity contribution in [3.05, 3.63) is 57.9 Å². The number of aliphatic hydroxyl groups excluding tert-OH is 1. The van der Waals surface area contributed by atoms with E-state index in [1.165, 1.54) is 17.6 Å². The van der Waals surface area contributed by atoms with Gasteiger partial charge < -0.3 is 9.84 Å². The molecule has 0 amide bonds. The number of hydrogen-bond acceptors (Lipinski definition) is 4. The highest BCUT2D eigenvalue weighted by Gasteiger charge is 2.95. The molecule has 0 radical (unpaired) electrons. The van der Waals surface area contributed by atoms with E-state index >= 15 is 0 Å². The van der Waals surface area contributed by atoms with E-state index in [0.717, 1.165) is 61.7 Å². The number of aliphatic hydroxyl groups is 1. The molecule has 8 aliphatic carbocycles. The van der Waals surface area contributed by atoms with Crippen LogP contribution in [0.4, 0.5) is 0 Å². The van der Waals surface area contributed by atoms with Crippen LogP contribution in [-0.4, -0.2) is 24.0 Å². The molecule has 4 spiro atoms. The van der Waals surface area contributed by atoms with Crippen LogP contribution in [0.25, 0.3) is 0 Å². The number of ether oxygens (including phenoxy) is 1. The lowest BCUT2D eigenvalue weighted by atomic mass is 9.47. The third-order valence-electron chi connectivity index (χ3n) is 12.4. The normalized spacial score (nSPS) is 50.9. The first-order valence-electron chi connectivity index (χ1n) is 13.0. The maximum atomic E-state index is 13.5. The van der Waals surface area contributed by atoms with Crippen LogP contribution in [0.15, 0.2) is 57.9 Å². The molecule has 0 saturated heterocycles. The minimum absolute atomic E-state index is 0.00505. The van der Waals surface area contributed by atoms with Crippen LogP contribution in [0.3, 0.4) is 0 Å². The van der Waals surface area contributed by atoms with E-state index in [9.17, 15) is 14.7 Å². The van der Waals surface area contributed by atoms with E-state index in [1.807, 2.05) is 13.8 Å². The second-order valence-corrected chi connectivity index (χ2v) is 13.0. The van der Waals surface area contributed by atoms with Gasteiger partial charge in [-0.3, -0.25) is 9.59 Å². The number of hydrogen-bond donors (Lipinski definition) is 1. The minimum atomic E-state index is -0.347. The lowest BCUT2D eigenvalue weighted by molar-refractivity contribution is -0.167. The first kappa shape index (κ1) is 19.9. The van der Waals surface area contributed by atoms with Crippen LogP contribution in [0.2, 0.25) is 0 Å². The molecule has 1 N–H and O–H groups in total. The van der Waals surface area contributed by atoms with Gasteiger partial charge in [-0.2, -0.15) is 0 Å². The van der Waals surface area contributed by atoms with Gasteiger partial charge in [-0.05, 0) is 99.0 Å². The molecule has 6 fully saturated rings. The zero-order valence-corrected chi connectivity index (χ0v) is 20.3. The lowest BCUT2D eigenvalue weighted by Gasteiger charge is -2.56. The summed E-state index contributed by atoms with van der Waals surface area (Å²) in [6, 6.07) is 0. The van der Waals surface area contributed by atoms with E-state index in [4.69, 9.17) is 4.74 Å². The largest absolute Gasteiger partial charge is 0.504 e. The lowest BCUT2D eigenvalue weighted by Crippen LogP contribution is -2.54. The Morgan fingerprint density at radius 1 is 1.09 bits per heavy atom. The highest BCUT2D eigenvalue weighted by atomic mass is 16.5. The Hall–Kier alpha value is -2.36. The van der Waals surface area contributed by atoms with Gasteiger partial charge in [-0.25, -0.2) is 0 Å². The Balaban J connectivity index is 1.34. The first-order valence-corrected chi connectivity index (χ1v) is 13.0. The van der Waals surface area contributed by atoms with Crippen molar-refractivity contribution in [2.24, 2.45) is 38.9 Å². The third-order valence-corrected chi connectivity index (χ3v) is 12.4. The standard InChI is InChI=1S/C30H32O4/c1-15-7-8-26(25(33)34-4)10-19-13-30(19)21-6-5-20-16(2)23(31)24(32)17(3)22(20)29(21)12-18(29)11-28(30)14-27(26,28)9-15/h5-6,18-19,31H,1,7-14H2,2-4H3/t18-,19+,26+,27-,28-,29-,30-/m0/s1. The molecule has 0 heterocycles. The fourth-order valence-corrected chi connectivity index (χ4v) is 11.1. The summed E-state index contributed by atoms with van der Waals surface area (Å²) >= 11 is 0. The molecule has 34 heavy (non-hydrogen) atoms. The van der Waals surface area contributed by atoms with Crippen molar-refractivity contribution in [1.82, 2.24) is 0 Å². The fourth-order valence-electron chi connectivity index (χ4n) is 11.1. The molecule has 0 aromatic rings. The summed E-state index contributed by atoms with van der Waals surface area (Å²) in [5.41, 5.74) is 6.56. The number of esters is 1. The Kier molecular flexibility index (Phi) is 3.07. The van der Waals surface area contributed by atoms with Gasteiger partial charge in [0, 0.05) is 22.0 Å². The summed E-state index contributed by atoms with van der Waals surface area (Å²) in [7, 11) is 1.57. The predicted octanol–water partition coefficient (Wildman–Crippen LogP) is 5.68. The van der Waals surface area contributed by atoms with Gasteiger partial charge in [0.1, 0.15) is 0 Å². The fraction of sp³-hybridized carbons (Fsp3) is 0.600. The van der Waals surface area contributed by atoms with Crippen LogP contribution in [0, 0.1) is 38.9 Å². The number of methoxy groups -OCH3 is 1. The average Bonchev–Trinajstić information content (AvgIpc) is 3.75. The van der Waals surface area contributed by atoms with Gasteiger partial charge in [0.2, 0.25) is 5.78 Å². The van der Waals surface area contributed by atoms with Crippen molar-refractivity contribution < 1.29 is 19.4 Å². The molecule has 0 aromatic carbocycles. The molecule has 176 valence electrons. The summed E-state index contributed by atoms with van der Waals surface area (Å²) in [6.45, 7) is 8.21. The van der Waals surface area contributed by atoms with Gasteiger partial charge in [0.25, 0.3) is 0 Å². The van der Waals surface area contributed by atoms with Crippen molar-refractivity contribution >= 4 is 11.8 Å². The molecular formula is C30H32O4. The maximum absolute atomic E-state index is 13.5. The van der Waals surface area contributed by atoms with Crippen LogP contribution in [0.5, 0.6) is 0 Å². The molecular weight excluding hydrogens is 424 g/mol. The molecule has 0 bridgehead atoms. The van der Waals surface area contributed by atoms with Crippen molar-refractivity contribution in [3.63, 3.8) is 0 Å². The van der Waals surface area contributed by atoms with Crippen molar-refractivity contribution in [1.29, 1.82) is 0 Å². The van der Waals surface area contributed by atoms with E-state index in [2.05, 4.69) is 18.7 Å². The zero-order valence-electron chi connectivity index (χ0n) is 20.3. The summed E-state index contributed by atoms with van der Waals surface area (Å²) in [5.74, 6) is 0.782. The van der Waals surface area contributed by atoms with Gasteiger partial charge in [0.15, 0.2) is 5.76 Å². The highest BCUT2D eigenvalue weighted by Crippen LogP contribution is 3.01. The molecule has 4 nitrogen and oxygen atoms in total. The molecule has 8 aliphatic rings. The zero-order chi connectivity index (χ0) is 23.6. The van der Waals surface area contributed by atoms with Gasteiger partial charge in [-0.15, -0.1) is 0 Å². The topological polar surface area (TPSA) is 63.6 Å². The van der Waals surface area contributed by atoms with Crippen LogP contribution < -0.4 is 0 Å². The highest BCUT2D eigenvalue weighted by molar-refractivity contribution is 6.10. The van der Waals surface area contributed by atoms with Crippen molar-refractivity contribution in [2.45, 2.75) is 65.2 Å². The summed E-state index contributed by atoms with van der Waals surface area (Å²) in [6.07, 6.45) is 12.9. The van der Waals surface area contributed by atoms with E-state index in [0.29, 0.717) is 11.8 Å². The SMILES string of the molecule is C=C1CC[C@]2(C(=O)OC)C[C@@H]3C[C@@]34C3=CC=C5C(C)=C(O)C(=O)C(C)=C5[C@]35C[C@@H]5C[C@@]43C[C@@]23C1. The maximum Gasteiger partial charge on any atom is 0.312 e. The molecule has 0 unspecified atom stereocenters. The average molecular weight is 457 g/mol. The molecule has 6 saturated carbocycles. The van der Waals surface area contributed by atoms with Crippen LogP contribution in [-0.2, 0) is 14.3 Å². The number of allylic oxidation sites excluding steroid dienone is 8. The summed E-state index contributed by atoms with van der Waals surface area (Å²) in [5, 5.41) is 10.5. The van der Waals surface area contributed by atoms with Gasteiger partial charge in [0.05, 0.1) is 12.5 Å². The number of Topliss-reactive ketones (excluding diaryl/α,β-unsaturated/α-hetero) is 1. The first-order chi connectivity index (χ1) is 16.2. The Morgan fingerprint density at radius 3 is 2.65 bits per heavy atom. The molecule has 0 aromatic heterocycles. The number of carbonyl (C=O) groups is 2. The van der Waals surface area contributed by atoms with Gasteiger partial charge in [-0.1, -0.05) is 29.9 Å². The summed E-state index contributed by atoms with van der Waals surface area (Å²) < 4.78 is 5.51. The van der Waals surface area contributed by atoms with E-state index in [1.54, 1.807) is 12.7 Å². The number of fused-ring (bicyclic) bond motifs is 1. The second kappa shape index (κ2) is 5.24. The van der Waals surface area contributed by atoms with E-state index in [-0.39, 0.29) is 44.6 Å². The van der Waals surface area contributed by atoms with Crippen molar-refractivity contribution in [2.75, 3.05) is 7.11 Å². The molecule has 7 atom stereocenters. The predicted molar refractivity (Wildman–Crippen MR) is 126 cm³/mol. The molecule has 4 heteroatoms. The Labute approximate surface area is 200 Å².